The van der Waals surface area contributed by atoms with Crippen LogP contribution in [-0.4, -0.2) is 6.21 Å². The minimum Gasteiger partial charge on any atom is -0.269 e. The van der Waals surface area contributed by atoms with Gasteiger partial charge in [0, 0.05) is 12.4 Å². The second-order valence-electron chi connectivity index (χ2n) is 3.30. The second-order valence-corrected chi connectivity index (χ2v) is 3.30. The maximum Gasteiger partial charge on any atom is 0.0255 e. The molecule has 0 amide bonds. The number of allylic oxidation sites excluding steroid dienone is 1. The molecule has 1 fully saturated rings. The maximum absolute atomic E-state index is 4.26. The van der Waals surface area contributed by atoms with Gasteiger partial charge in [0.25, 0.3) is 0 Å². The average Bonchev–Trinajstić information content (AvgIpc) is 2.61. The van der Waals surface area contributed by atoms with E-state index in [2.05, 4.69) is 18.1 Å². The molecule has 1 saturated carbocycles. The standard InChI is InChI=1S/C9H13N/c1-2-7-3-8-4-9(8)6-10-5-7/h5-6,8-9H,2-4H2,1H3. The molecule has 54 valence electrons. The van der Waals surface area contributed by atoms with E-state index in [-0.39, 0.29) is 0 Å². The van der Waals surface area contributed by atoms with Crippen LogP contribution in [0.25, 0.3) is 0 Å². The summed E-state index contributed by atoms with van der Waals surface area (Å²) in [7, 11) is 0. The zero-order valence-corrected chi connectivity index (χ0v) is 6.38. The van der Waals surface area contributed by atoms with Crippen molar-refractivity contribution in [2.75, 3.05) is 0 Å². The normalized spacial score (nSPS) is 36.3. The molecule has 0 spiro atoms. The van der Waals surface area contributed by atoms with Gasteiger partial charge in [-0.2, -0.15) is 0 Å². The van der Waals surface area contributed by atoms with Gasteiger partial charge in [0.1, 0.15) is 0 Å². The molecule has 0 aromatic rings. The van der Waals surface area contributed by atoms with Crippen LogP contribution in [0.1, 0.15) is 26.2 Å². The van der Waals surface area contributed by atoms with Crippen molar-refractivity contribution in [3.8, 4) is 0 Å². The highest BCUT2D eigenvalue weighted by atomic mass is 14.7. The molecule has 0 aromatic carbocycles. The number of fused-ring (bicyclic) bond motifs is 1. The van der Waals surface area contributed by atoms with Crippen molar-refractivity contribution < 1.29 is 0 Å². The largest absolute Gasteiger partial charge is 0.269 e. The summed E-state index contributed by atoms with van der Waals surface area (Å²) in [5, 5.41) is 0. The molecule has 0 bridgehead atoms. The van der Waals surface area contributed by atoms with E-state index >= 15 is 0 Å². The molecule has 0 saturated heterocycles. The van der Waals surface area contributed by atoms with Gasteiger partial charge in [-0.3, -0.25) is 4.99 Å². The molecule has 1 aliphatic carbocycles. The molecule has 2 unspecified atom stereocenters. The summed E-state index contributed by atoms with van der Waals surface area (Å²) in [5.74, 6) is 1.79. The van der Waals surface area contributed by atoms with E-state index in [0.717, 1.165) is 11.8 Å². The van der Waals surface area contributed by atoms with E-state index in [4.69, 9.17) is 0 Å². The highest BCUT2D eigenvalue weighted by Crippen LogP contribution is 2.43. The van der Waals surface area contributed by atoms with Crippen molar-refractivity contribution in [3.63, 3.8) is 0 Å². The van der Waals surface area contributed by atoms with E-state index in [9.17, 15) is 0 Å². The molecule has 2 rings (SSSR count). The monoisotopic (exact) mass is 135 g/mol. The molecule has 1 heteroatoms. The Labute approximate surface area is 61.9 Å². The lowest BCUT2D eigenvalue weighted by Gasteiger charge is -1.97. The fraction of sp³-hybridized carbons (Fsp3) is 0.667. The maximum atomic E-state index is 4.26. The Morgan fingerprint density at radius 3 is 3.40 bits per heavy atom. The van der Waals surface area contributed by atoms with Crippen LogP contribution in [0, 0.1) is 11.8 Å². The quantitative estimate of drug-likeness (QED) is 0.523. The topological polar surface area (TPSA) is 12.4 Å². The van der Waals surface area contributed by atoms with Gasteiger partial charge in [0.05, 0.1) is 0 Å². The first-order chi connectivity index (χ1) is 4.90. The minimum atomic E-state index is 0.834. The van der Waals surface area contributed by atoms with E-state index in [1.54, 1.807) is 0 Å². The molecular formula is C9H13N. The van der Waals surface area contributed by atoms with Gasteiger partial charge >= 0.3 is 0 Å². The Morgan fingerprint density at radius 1 is 1.70 bits per heavy atom. The summed E-state index contributed by atoms with van der Waals surface area (Å²) in [6.07, 6.45) is 8.04. The van der Waals surface area contributed by atoms with E-state index < -0.39 is 0 Å². The van der Waals surface area contributed by atoms with Crippen LogP contribution in [0.3, 0.4) is 0 Å². The fourth-order valence-electron chi connectivity index (χ4n) is 1.57. The van der Waals surface area contributed by atoms with Crippen molar-refractivity contribution in [3.05, 3.63) is 11.8 Å². The first kappa shape index (κ1) is 6.14. The van der Waals surface area contributed by atoms with Crippen LogP contribution < -0.4 is 0 Å². The van der Waals surface area contributed by atoms with Crippen molar-refractivity contribution >= 4 is 6.21 Å². The lowest BCUT2D eigenvalue weighted by atomic mass is 10.1. The minimum absolute atomic E-state index is 0.834. The third kappa shape index (κ3) is 1.00. The molecule has 1 heterocycles. The number of hydrogen-bond donors (Lipinski definition) is 0. The smallest absolute Gasteiger partial charge is 0.0255 e. The van der Waals surface area contributed by atoms with Gasteiger partial charge in [0.2, 0.25) is 0 Å². The summed E-state index contributed by atoms with van der Waals surface area (Å²) in [6.45, 7) is 2.21. The molecular weight excluding hydrogens is 122 g/mol. The van der Waals surface area contributed by atoms with Gasteiger partial charge in [0.15, 0.2) is 0 Å². The first-order valence-corrected chi connectivity index (χ1v) is 4.11. The van der Waals surface area contributed by atoms with E-state index in [1.807, 2.05) is 6.20 Å². The molecule has 0 aromatic heterocycles. The molecule has 0 N–H and O–H groups in total. The van der Waals surface area contributed by atoms with E-state index in [0.29, 0.717) is 0 Å². The Balaban J connectivity index is 2.08. The molecule has 1 aliphatic heterocycles. The zero-order chi connectivity index (χ0) is 6.97. The summed E-state index contributed by atoms with van der Waals surface area (Å²) < 4.78 is 0. The average molecular weight is 135 g/mol. The number of hydrogen-bond acceptors (Lipinski definition) is 1. The number of nitrogens with zero attached hydrogens (tertiary/aromatic N) is 1. The predicted molar refractivity (Wildman–Crippen MR) is 43.1 cm³/mol. The van der Waals surface area contributed by atoms with Gasteiger partial charge < -0.3 is 0 Å². The van der Waals surface area contributed by atoms with Gasteiger partial charge in [-0.1, -0.05) is 12.5 Å². The molecule has 1 nitrogen and oxygen atoms in total. The Hall–Kier alpha value is -0.590. The highest BCUT2D eigenvalue weighted by molar-refractivity contribution is 5.66. The van der Waals surface area contributed by atoms with Crippen LogP contribution in [0.15, 0.2) is 16.8 Å². The van der Waals surface area contributed by atoms with E-state index in [1.165, 1.54) is 24.8 Å². The van der Waals surface area contributed by atoms with Crippen LogP contribution in [0.5, 0.6) is 0 Å². The second kappa shape index (κ2) is 2.22. The third-order valence-electron chi connectivity index (χ3n) is 2.49. The lowest BCUT2D eigenvalue weighted by molar-refractivity contribution is 0.770. The Bertz CT molecular complexity index is 191. The third-order valence-corrected chi connectivity index (χ3v) is 2.49. The summed E-state index contributed by atoms with van der Waals surface area (Å²) in [5.41, 5.74) is 1.53. The molecule has 2 aliphatic rings. The van der Waals surface area contributed by atoms with Crippen LogP contribution in [0.4, 0.5) is 0 Å². The fourth-order valence-corrected chi connectivity index (χ4v) is 1.57. The van der Waals surface area contributed by atoms with Crippen molar-refractivity contribution in [2.24, 2.45) is 16.8 Å². The first-order valence-electron chi connectivity index (χ1n) is 4.11. The SMILES string of the molecule is CCC1=CN=CC2CC2C1. The Kier molecular flexibility index (Phi) is 1.37. The Morgan fingerprint density at radius 2 is 2.60 bits per heavy atom. The summed E-state index contributed by atoms with van der Waals surface area (Å²) in [6, 6.07) is 0. The number of rotatable bonds is 1. The summed E-state index contributed by atoms with van der Waals surface area (Å²) >= 11 is 0. The van der Waals surface area contributed by atoms with Gasteiger partial charge in [-0.15, -0.1) is 0 Å². The van der Waals surface area contributed by atoms with Crippen molar-refractivity contribution in [1.29, 1.82) is 0 Å². The molecule has 2 atom stereocenters. The summed E-state index contributed by atoms with van der Waals surface area (Å²) in [4.78, 5) is 4.26. The van der Waals surface area contributed by atoms with Gasteiger partial charge in [-0.05, 0) is 31.1 Å². The predicted octanol–water partition coefficient (Wildman–Crippen LogP) is 2.39. The lowest BCUT2D eigenvalue weighted by Crippen LogP contribution is -1.83. The molecule has 10 heavy (non-hydrogen) atoms. The van der Waals surface area contributed by atoms with Crippen LogP contribution in [-0.2, 0) is 0 Å². The van der Waals surface area contributed by atoms with Crippen LogP contribution in [0.2, 0.25) is 0 Å². The van der Waals surface area contributed by atoms with Gasteiger partial charge in [-0.25, -0.2) is 0 Å². The number of aliphatic imine (C=N–C) groups is 1. The van der Waals surface area contributed by atoms with Crippen molar-refractivity contribution in [1.82, 2.24) is 0 Å². The van der Waals surface area contributed by atoms with Crippen molar-refractivity contribution in [2.45, 2.75) is 26.2 Å². The van der Waals surface area contributed by atoms with Crippen LogP contribution >= 0.6 is 0 Å². The highest BCUT2D eigenvalue weighted by Gasteiger charge is 2.36. The zero-order valence-electron chi connectivity index (χ0n) is 6.38. The molecule has 0 radical (unpaired) electrons.